The Morgan fingerprint density at radius 3 is 3.00 bits per heavy atom. The molecule has 0 aliphatic carbocycles. The van der Waals surface area contributed by atoms with Gasteiger partial charge in [-0.3, -0.25) is 9.78 Å². The molecule has 1 N–H and O–H groups in total. The molecule has 0 aromatic carbocycles. The largest absolute Gasteiger partial charge is 0.296 e. The molecule has 0 spiro atoms. The van der Waals surface area contributed by atoms with Crippen molar-refractivity contribution in [1.29, 1.82) is 0 Å². The van der Waals surface area contributed by atoms with Crippen molar-refractivity contribution in [2.24, 2.45) is 0 Å². The molecule has 2 rings (SSSR count). The Morgan fingerprint density at radius 1 is 1.50 bits per heavy atom. The van der Waals surface area contributed by atoms with E-state index in [-0.39, 0.29) is 10.8 Å². The molecule has 0 aliphatic rings. The lowest BCUT2D eigenvalue weighted by Gasteiger charge is -1.87. The van der Waals surface area contributed by atoms with Crippen LogP contribution in [0.1, 0.15) is 0 Å². The van der Waals surface area contributed by atoms with E-state index < -0.39 is 0 Å². The summed E-state index contributed by atoms with van der Waals surface area (Å²) < 4.78 is 1.04. The Morgan fingerprint density at radius 2 is 2.25 bits per heavy atom. The Balaban J connectivity index is 2.98. The summed E-state index contributed by atoms with van der Waals surface area (Å²) in [5.41, 5.74) is 0.292. The molecule has 0 aliphatic heterocycles. The minimum absolute atomic E-state index is 0.0852. The number of nitrogens with one attached hydrogen (secondary N) is 1. The zero-order chi connectivity index (χ0) is 8.72. The van der Waals surface area contributed by atoms with Crippen LogP contribution in [0.15, 0.2) is 10.9 Å². The van der Waals surface area contributed by atoms with Gasteiger partial charge in [-0.1, -0.05) is 11.6 Å². The van der Waals surface area contributed by atoms with Crippen molar-refractivity contribution >= 4 is 44.8 Å². The van der Waals surface area contributed by atoms with E-state index in [1.165, 1.54) is 11.3 Å². The second kappa shape index (κ2) is 2.73. The van der Waals surface area contributed by atoms with Gasteiger partial charge in [0.2, 0.25) is 5.28 Å². The van der Waals surface area contributed by atoms with E-state index in [2.05, 4.69) is 9.97 Å². The van der Waals surface area contributed by atoms with Crippen molar-refractivity contribution in [2.45, 2.75) is 0 Å². The van der Waals surface area contributed by atoms with Gasteiger partial charge in [0.15, 0.2) is 0 Å². The van der Waals surface area contributed by atoms with E-state index in [0.29, 0.717) is 14.6 Å². The molecule has 0 bridgehead atoms. The summed E-state index contributed by atoms with van der Waals surface area (Å²) in [4.78, 5) is 17.5. The van der Waals surface area contributed by atoms with Gasteiger partial charge in [-0.15, -0.1) is 11.3 Å². The molecule has 2 heterocycles. The fraction of sp³-hybridized carbons (Fsp3) is 0. The van der Waals surface area contributed by atoms with Crippen molar-refractivity contribution in [2.75, 3.05) is 0 Å². The molecule has 62 valence electrons. The molecule has 0 saturated heterocycles. The van der Waals surface area contributed by atoms with E-state index in [1.807, 2.05) is 0 Å². The molecule has 0 atom stereocenters. The highest BCUT2D eigenvalue weighted by Gasteiger charge is 2.05. The number of rotatable bonds is 0. The van der Waals surface area contributed by atoms with Crippen molar-refractivity contribution < 1.29 is 0 Å². The first-order valence-electron chi connectivity index (χ1n) is 3.01. The molecule has 3 nitrogen and oxygen atoms in total. The normalized spacial score (nSPS) is 10.8. The Labute approximate surface area is 81.0 Å². The number of thiophene rings is 1. The third-order valence-corrected chi connectivity index (χ3v) is 2.76. The van der Waals surface area contributed by atoms with Gasteiger partial charge in [-0.05, 0) is 17.7 Å². The summed E-state index contributed by atoms with van der Waals surface area (Å²) in [6.07, 6.45) is 0. The van der Waals surface area contributed by atoms with Crippen molar-refractivity contribution in [3.63, 3.8) is 0 Å². The number of halogens is 2. The Bertz CT molecular complexity index is 490. The average Bonchev–Trinajstić information content (AvgIpc) is 2.29. The average molecular weight is 221 g/mol. The van der Waals surface area contributed by atoms with Gasteiger partial charge in [0.25, 0.3) is 5.56 Å². The smallest absolute Gasteiger partial charge is 0.269 e. The van der Waals surface area contributed by atoms with E-state index in [9.17, 15) is 4.79 Å². The standard InChI is InChI=1S/C6H2Cl2N2OS/c7-3-1-2-4(12-3)5(11)10-6(8)9-2/h1H,(H,9,10,11). The first kappa shape index (κ1) is 8.04. The molecule has 2 aromatic rings. The molecule has 0 radical (unpaired) electrons. The molecule has 0 saturated carbocycles. The van der Waals surface area contributed by atoms with Gasteiger partial charge in [0.1, 0.15) is 4.70 Å². The lowest BCUT2D eigenvalue weighted by atomic mass is 10.5. The number of hydrogen-bond acceptors (Lipinski definition) is 3. The number of hydrogen-bond donors (Lipinski definition) is 1. The highest BCUT2D eigenvalue weighted by Crippen LogP contribution is 2.25. The fourth-order valence-corrected chi connectivity index (χ4v) is 2.11. The van der Waals surface area contributed by atoms with Crippen molar-refractivity contribution in [3.05, 3.63) is 26.0 Å². The quantitative estimate of drug-likeness (QED) is 0.693. The third kappa shape index (κ3) is 1.22. The van der Waals surface area contributed by atoms with Crippen LogP contribution in [0.5, 0.6) is 0 Å². The van der Waals surface area contributed by atoms with Crippen LogP contribution < -0.4 is 5.56 Å². The summed E-state index contributed by atoms with van der Waals surface area (Å²) >= 11 is 12.4. The minimum atomic E-state index is -0.248. The van der Waals surface area contributed by atoms with Crippen LogP contribution in [-0.2, 0) is 0 Å². The zero-order valence-electron chi connectivity index (χ0n) is 5.60. The van der Waals surface area contributed by atoms with Gasteiger partial charge in [-0.2, -0.15) is 0 Å². The Kier molecular flexibility index (Phi) is 1.83. The summed E-state index contributed by atoms with van der Waals surface area (Å²) in [5.74, 6) is 0. The summed E-state index contributed by atoms with van der Waals surface area (Å²) in [7, 11) is 0. The molecule has 0 amide bonds. The van der Waals surface area contributed by atoms with Crippen LogP contribution >= 0.6 is 34.5 Å². The number of aromatic nitrogens is 2. The van der Waals surface area contributed by atoms with Crippen LogP contribution in [-0.4, -0.2) is 9.97 Å². The zero-order valence-corrected chi connectivity index (χ0v) is 7.93. The van der Waals surface area contributed by atoms with Crippen LogP contribution in [0.3, 0.4) is 0 Å². The van der Waals surface area contributed by atoms with Gasteiger partial charge in [0.05, 0.1) is 9.85 Å². The van der Waals surface area contributed by atoms with E-state index in [4.69, 9.17) is 23.2 Å². The van der Waals surface area contributed by atoms with Gasteiger partial charge in [-0.25, -0.2) is 4.98 Å². The van der Waals surface area contributed by atoms with Crippen LogP contribution in [0.25, 0.3) is 10.2 Å². The minimum Gasteiger partial charge on any atom is -0.296 e. The summed E-state index contributed by atoms with van der Waals surface area (Å²) in [5, 5.41) is 0.0852. The number of H-pyrrole nitrogens is 1. The van der Waals surface area contributed by atoms with E-state index in [0.717, 1.165) is 0 Å². The number of fused-ring (bicyclic) bond motifs is 1. The fourth-order valence-electron chi connectivity index (χ4n) is 0.882. The summed E-state index contributed by atoms with van der Waals surface area (Å²) in [6.45, 7) is 0. The van der Waals surface area contributed by atoms with Crippen LogP contribution in [0, 0.1) is 0 Å². The van der Waals surface area contributed by atoms with Gasteiger partial charge < -0.3 is 0 Å². The molecule has 0 unspecified atom stereocenters. The molecular formula is C6H2Cl2N2OS. The molecule has 2 aromatic heterocycles. The molecule has 12 heavy (non-hydrogen) atoms. The summed E-state index contributed by atoms with van der Waals surface area (Å²) in [6, 6.07) is 1.61. The lowest BCUT2D eigenvalue weighted by molar-refractivity contribution is 1.18. The maximum absolute atomic E-state index is 11.2. The van der Waals surface area contributed by atoms with Gasteiger partial charge in [0, 0.05) is 0 Å². The van der Waals surface area contributed by atoms with E-state index >= 15 is 0 Å². The highest BCUT2D eigenvalue weighted by atomic mass is 35.5. The molecule has 6 heteroatoms. The third-order valence-electron chi connectivity index (χ3n) is 1.32. The molecular weight excluding hydrogens is 219 g/mol. The first-order chi connectivity index (χ1) is 5.66. The van der Waals surface area contributed by atoms with Crippen molar-refractivity contribution in [1.82, 2.24) is 9.97 Å². The second-order valence-electron chi connectivity index (χ2n) is 2.12. The number of nitrogens with zero attached hydrogens (tertiary/aromatic N) is 1. The lowest BCUT2D eigenvalue weighted by Crippen LogP contribution is -2.05. The predicted octanol–water partition coefficient (Wildman–Crippen LogP) is 2.29. The highest BCUT2D eigenvalue weighted by molar-refractivity contribution is 7.22. The number of aromatic amines is 1. The van der Waals surface area contributed by atoms with Crippen LogP contribution in [0.4, 0.5) is 0 Å². The van der Waals surface area contributed by atoms with Gasteiger partial charge >= 0.3 is 0 Å². The topological polar surface area (TPSA) is 45.8 Å². The SMILES string of the molecule is O=c1[nH]c(Cl)nc2cc(Cl)sc12. The maximum atomic E-state index is 11.2. The van der Waals surface area contributed by atoms with Crippen LogP contribution in [0.2, 0.25) is 9.62 Å². The van der Waals surface area contributed by atoms with Crippen molar-refractivity contribution in [3.8, 4) is 0 Å². The Hall–Kier alpha value is -0.580. The molecule has 0 fully saturated rings. The second-order valence-corrected chi connectivity index (χ2v) is 4.16. The predicted molar refractivity (Wildman–Crippen MR) is 50.3 cm³/mol. The first-order valence-corrected chi connectivity index (χ1v) is 4.59. The maximum Gasteiger partial charge on any atom is 0.269 e. The monoisotopic (exact) mass is 220 g/mol. The van der Waals surface area contributed by atoms with E-state index in [1.54, 1.807) is 6.07 Å².